The van der Waals surface area contributed by atoms with E-state index < -0.39 is 10.0 Å². The molecule has 4 nitrogen and oxygen atoms in total. The number of rotatable bonds is 7. The number of hydrogen-bond acceptors (Lipinski definition) is 3. The van der Waals surface area contributed by atoms with E-state index in [0.29, 0.717) is 18.7 Å². The molecule has 0 aliphatic carbocycles. The van der Waals surface area contributed by atoms with Crippen LogP contribution >= 0.6 is 0 Å². The van der Waals surface area contributed by atoms with E-state index in [4.69, 9.17) is 6.42 Å². The van der Waals surface area contributed by atoms with Crippen LogP contribution < -0.4 is 10.0 Å². The van der Waals surface area contributed by atoms with Crippen molar-refractivity contribution in [2.45, 2.75) is 37.6 Å². The smallest absolute Gasteiger partial charge is 0.242 e. The molecule has 0 spiro atoms. The molecule has 0 bridgehead atoms. The van der Waals surface area contributed by atoms with Crippen molar-refractivity contribution < 1.29 is 8.42 Å². The molecule has 1 unspecified atom stereocenters. The number of benzene rings is 1. The summed E-state index contributed by atoms with van der Waals surface area (Å²) in [4.78, 5) is 0.257. The van der Waals surface area contributed by atoms with E-state index in [1.165, 1.54) is 0 Å². The lowest BCUT2D eigenvalue weighted by molar-refractivity contribution is 0.581. The normalized spacial score (nSPS) is 12.7. The highest BCUT2D eigenvalue weighted by Gasteiger charge is 2.18. The van der Waals surface area contributed by atoms with Gasteiger partial charge in [-0.25, -0.2) is 13.1 Å². The van der Waals surface area contributed by atoms with Crippen LogP contribution in [0, 0.1) is 12.3 Å². The van der Waals surface area contributed by atoms with Crippen molar-refractivity contribution in [3.8, 4) is 12.3 Å². The summed E-state index contributed by atoms with van der Waals surface area (Å²) < 4.78 is 26.9. The molecule has 0 radical (unpaired) electrons. The van der Waals surface area contributed by atoms with Crippen LogP contribution in [0.25, 0.3) is 0 Å². The summed E-state index contributed by atoms with van der Waals surface area (Å²) in [5.41, 5.74) is 0.578. The van der Waals surface area contributed by atoms with Crippen LogP contribution in [-0.4, -0.2) is 21.0 Å². The van der Waals surface area contributed by atoms with Crippen LogP contribution in [0.1, 0.15) is 26.7 Å². The Kier molecular flexibility index (Phi) is 5.87. The number of para-hydroxylation sites is 1. The van der Waals surface area contributed by atoms with Gasteiger partial charge in [0.2, 0.25) is 10.0 Å². The second-order valence-corrected chi connectivity index (χ2v) is 6.08. The highest BCUT2D eigenvalue weighted by Crippen LogP contribution is 2.21. The lowest BCUT2D eigenvalue weighted by atomic mass is 10.2. The largest absolute Gasteiger partial charge is 0.381 e. The number of sulfonamides is 1. The first-order chi connectivity index (χ1) is 9.01. The Hall–Kier alpha value is -1.51. The van der Waals surface area contributed by atoms with Gasteiger partial charge in [-0.3, -0.25) is 0 Å². The van der Waals surface area contributed by atoms with E-state index in [1.807, 2.05) is 13.8 Å². The molecule has 1 atom stereocenters. The van der Waals surface area contributed by atoms with Crippen molar-refractivity contribution in [2.75, 3.05) is 11.9 Å². The van der Waals surface area contributed by atoms with Gasteiger partial charge in [-0.2, -0.15) is 0 Å². The van der Waals surface area contributed by atoms with Gasteiger partial charge in [-0.1, -0.05) is 19.1 Å². The zero-order chi connectivity index (χ0) is 14.3. The van der Waals surface area contributed by atoms with Crippen LogP contribution in [0.2, 0.25) is 0 Å². The van der Waals surface area contributed by atoms with Crippen molar-refractivity contribution in [3.63, 3.8) is 0 Å². The Labute approximate surface area is 115 Å². The monoisotopic (exact) mass is 280 g/mol. The molecule has 0 saturated carbocycles. The van der Waals surface area contributed by atoms with E-state index in [-0.39, 0.29) is 10.9 Å². The SMILES string of the molecule is C#CCC(C)Nc1ccccc1S(=O)(=O)NCCC. The molecule has 0 saturated heterocycles. The molecule has 0 aromatic heterocycles. The van der Waals surface area contributed by atoms with Gasteiger partial charge in [0.15, 0.2) is 0 Å². The molecule has 0 aliphatic heterocycles. The van der Waals surface area contributed by atoms with Gasteiger partial charge >= 0.3 is 0 Å². The van der Waals surface area contributed by atoms with Crippen LogP contribution in [0.15, 0.2) is 29.2 Å². The van der Waals surface area contributed by atoms with Crippen LogP contribution in [-0.2, 0) is 10.0 Å². The number of nitrogens with one attached hydrogen (secondary N) is 2. The average molecular weight is 280 g/mol. The minimum Gasteiger partial charge on any atom is -0.381 e. The lowest BCUT2D eigenvalue weighted by Gasteiger charge is -2.16. The minimum atomic E-state index is -3.48. The maximum atomic E-state index is 12.2. The first-order valence-corrected chi connectivity index (χ1v) is 7.78. The van der Waals surface area contributed by atoms with Gasteiger partial charge in [0, 0.05) is 19.0 Å². The van der Waals surface area contributed by atoms with Gasteiger partial charge < -0.3 is 5.32 Å². The Morgan fingerprint density at radius 1 is 1.37 bits per heavy atom. The van der Waals surface area contributed by atoms with Crippen molar-refractivity contribution in [1.29, 1.82) is 0 Å². The van der Waals surface area contributed by atoms with E-state index >= 15 is 0 Å². The zero-order valence-electron chi connectivity index (χ0n) is 11.3. The summed E-state index contributed by atoms with van der Waals surface area (Å²) in [6, 6.07) is 6.85. The Bertz CT molecular complexity index is 547. The van der Waals surface area contributed by atoms with Gasteiger partial charge in [-0.05, 0) is 25.5 Å². The molecular formula is C14H20N2O2S. The van der Waals surface area contributed by atoms with Gasteiger partial charge in [0.05, 0.1) is 5.69 Å². The van der Waals surface area contributed by atoms with Crippen molar-refractivity contribution in [2.24, 2.45) is 0 Å². The molecule has 0 aliphatic rings. The topological polar surface area (TPSA) is 58.2 Å². The van der Waals surface area contributed by atoms with Crippen molar-refractivity contribution >= 4 is 15.7 Å². The highest BCUT2D eigenvalue weighted by atomic mass is 32.2. The fourth-order valence-corrected chi connectivity index (χ4v) is 2.93. The van der Waals surface area contributed by atoms with Crippen LogP contribution in [0.3, 0.4) is 0 Å². The lowest BCUT2D eigenvalue weighted by Crippen LogP contribution is -2.26. The molecule has 5 heteroatoms. The molecule has 19 heavy (non-hydrogen) atoms. The van der Waals surface area contributed by atoms with Crippen LogP contribution in [0.4, 0.5) is 5.69 Å². The van der Waals surface area contributed by atoms with E-state index in [0.717, 1.165) is 6.42 Å². The maximum Gasteiger partial charge on any atom is 0.242 e. The van der Waals surface area contributed by atoms with Gasteiger partial charge in [0.1, 0.15) is 4.90 Å². The first kappa shape index (κ1) is 15.5. The molecule has 104 valence electrons. The fraction of sp³-hybridized carbons (Fsp3) is 0.429. The maximum absolute atomic E-state index is 12.2. The molecule has 1 aromatic carbocycles. The predicted octanol–water partition coefficient (Wildman–Crippen LogP) is 2.20. The Balaban J connectivity index is 2.99. The Morgan fingerprint density at radius 3 is 2.68 bits per heavy atom. The summed E-state index contributed by atoms with van der Waals surface area (Å²) in [7, 11) is -3.48. The molecule has 0 fully saturated rings. The predicted molar refractivity (Wildman–Crippen MR) is 78.5 cm³/mol. The van der Waals surface area contributed by atoms with Gasteiger partial charge in [0.25, 0.3) is 0 Å². The Morgan fingerprint density at radius 2 is 2.05 bits per heavy atom. The summed E-state index contributed by atoms with van der Waals surface area (Å²) in [6.07, 6.45) is 6.54. The second kappa shape index (κ2) is 7.17. The van der Waals surface area contributed by atoms with Crippen LogP contribution in [0.5, 0.6) is 0 Å². The third-order valence-corrected chi connectivity index (χ3v) is 4.06. The highest BCUT2D eigenvalue weighted by molar-refractivity contribution is 7.89. The zero-order valence-corrected chi connectivity index (χ0v) is 12.1. The third kappa shape index (κ3) is 4.58. The molecule has 2 N–H and O–H groups in total. The fourth-order valence-electron chi connectivity index (χ4n) is 1.63. The standard InChI is InChI=1S/C14H20N2O2S/c1-4-8-12(3)16-13-9-6-7-10-14(13)19(17,18)15-11-5-2/h1,6-7,9-10,12,15-16H,5,8,11H2,2-3H3. The molecule has 1 aromatic rings. The van der Waals surface area contributed by atoms with Gasteiger partial charge in [-0.15, -0.1) is 12.3 Å². The average Bonchev–Trinajstić information content (AvgIpc) is 2.37. The number of hydrogen-bond donors (Lipinski definition) is 2. The van der Waals surface area contributed by atoms with Crippen molar-refractivity contribution in [1.82, 2.24) is 4.72 Å². The quantitative estimate of drug-likeness (QED) is 0.753. The third-order valence-electron chi connectivity index (χ3n) is 2.54. The minimum absolute atomic E-state index is 0.0209. The second-order valence-electron chi connectivity index (χ2n) is 4.35. The summed E-state index contributed by atoms with van der Waals surface area (Å²) in [5, 5.41) is 3.13. The first-order valence-electron chi connectivity index (χ1n) is 6.30. The number of anilines is 1. The van der Waals surface area contributed by atoms with Crippen molar-refractivity contribution in [3.05, 3.63) is 24.3 Å². The van der Waals surface area contributed by atoms with E-state index in [2.05, 4.69) is 16.0 Å². The molecule has 1 rings (SSSR count). The van der Waals surface area contributed by atoms with E-state index in [1.54, 1.807) is 24.3 Å². The summed E-state index contributed by atoms with van der Waals surface area (Å²) >= 11 is 0. The molecule has 0 amide bonds. The molecule has 0 heterocycles. The number of terminal acetylenes is 1. The summed E-state index contributed by atoms with van der Waals surface area (Å²) in [6.45, 7) is 4.26. The summed E-state index contributed by atoms with van der Waals surface area (Å²) in [5.74, 6) is 2.55. The van der Waals surface area contributed by atoms with E-state index in [9.17, 15) is 8.42 Å². The molecular weight excluding hydrogens is 260 g/mol.